The summed E-state index contributed by atoms with van der Waals surface area (Å²) in [5, 5.41) is 16.9. The minimum atomic E-state index is -1.11. The number of carbonyl (C=O) groups is 1. The predicted octanol–water partition coefficient (Wildman–Crippen LogP) is 1.65. The summed E-state index contributed by atoms with van der Waals surface area (Å²) in [7, 11) is 0. The number of hydrogen-bond acceptors (Lipinski definition) is 5. The maximum Gasteiger partial charge on any atom is 0.358 e. The van der Waals surface area contributed by atoms with Gasteiger partial charge in [-0.2, -0.15) is 0 Å². The Morgan fingerprint density at radius 3 is 2.67 bits per heavy atom. The lowest BCUT2D eigenvalue weighted by molar-refractivity contribution is 0.0691. The van der Waals surface area contributed by atoms with E-state index >= 15 is 0 Å². The van der Waals surface area contributed by atoms with Gasteiger partial charge in [-0.05, 0) is 18.6 Å². The minimum Gasteiger partial charge on any atom is -0.476 e. The van der Waals surface area contributed by atoms with Crippen LogP contribution in [0.2, 0.25) is 0 Å². The molecule has 0 radical (unpaired) electrons. The first-order valence-corrected chi connectivity index (χ1v) is 6.74. The number of nitrogen functional groups attached to an aromatic ring is 1. The van der Waals surface area contributed by atoms with Gasteiger partial charge in [0.2, 0.25) is 0 Å². The van der Waals surface area contributed by atoms with E-state index in [9.17, 15) is 9.90 Å². The van der Waals surface area contributed by atoms with Crippen molar-refractivity contribution in [2.75, 3.05) is 18.9 Å². The molecule has 0 unspecified atom stereocenters. The van der Waals surface area contributed by atoms with Crippen molar-refractivity contribution in [1.29, 1.82) is 0 Å². The van der Waals surface area contributed by atoms with Gasteiger partial charge in [-0.3, -0.25) is 0 Å². The highest BCUT2D eigenvalue weighted by Crippen LogP contribution is 2.23. The van der Waals surface area contributed by atoms with Crippen LogP contribution in [0, 0.1) is 0 Å². The Morgan fingerprint density at radius 2 is 2.05 bits per heavy atom. The van der Waals surface area contributed by atoms with E-state index < -0.39 is 5.97 Å². The molecule has 3 N–H and O–H groups in total. The molecule has 0 atom stereocenters. The van der Waals surface area contributed by atoms with Crippen molar-refractivity contribution >= 4 is 11.7 Å². The Kier molecular flexibility index (Phi) is 4.89. The Bertz CT molecular complexity index is 607. The zero-order valence-electron chi connectivity index (χ0n) is 11.8. The topological polar surface area (TPSA) is 103 Å². The van der Waals surface area contributed by atoms with Crippen LogP contribution >= 0.6 is 0 Å². The standard InChI is InChI=1S/C14H18N4O3/c1-2-8-21-9-7-18-13(12(14(19)20)16-17-18)10-3-5-11(15)6-4-10/h3-6H,2,7-9,15H2,1H3,(H,19,20). The fraction of sp³-hybridized carbons (Fsp3) is 0.357. The second-order valence-corrected chi connectivity index (χ2v) is 4.55. The average Bonchev–Trinajstić information content (AvgIpc) is 2.88. The molecule has 2 rings (SSSR count). The third-order valence-corrected chi connectivity index (χ3v) is 2.92. The van der Waals surface area contributed by atoms with Gasteiger partial charge >= 0.3 is 5.97 Å². The molecule has 0 bridgehead atoms. The minimum absolute atomic E-state index is 0.0738. The fourth-order valence-electron chi connectivity index (χ4n) is 1.94. The molecule has 1 heterocycles. The van der Waals surface area contributed by atoms with Crippen LogP contribution < -0.4 is 5.73 Å². The third-order valence-electron chi connectivity index (χ3n) is 2.92. The molecule has 112 valence electrons. The number of rotatable bonds is 7. The van der Waals surface area contributed by atoms with Crippen LogP contribution in [0.3, 0.4) is 0 Å². The molecule has 0 aliphatic rings. The first kappa shape index (κ1) is 15.0. The number of carboxylic acids is 1. The molecule has 0 aliphatic carbocycles. The van der Waals surface area contributed by atoms with Gasteiger partial charge in [0.1, 0.15) is 5.69 Å². The predicted molar refractivity (Wildman–Crippen MR) is 77.9 cm³/mol. The van der Waals surface area contributed by atoms with Gasteiger partial charge in [-0.15, -0.1) is 5.10 Å². The van der Waals surface area contributed by atoms with Gasteiger partial charge in [-0.1, -0.05) is 24.3 Å². The van der Waals surface area contributed by atoms with E-state index in [1.54, 1.807) is 28.9 Å². The van der Waals surface area contributed by atoms with Crippen molar-refractivity contribution in [1.82, 2.24) is 15.0 Å². The third kappa shape index (κ3) is 3.57. The number of nitrogens with two attached hydrogens (primary N) is 1. The van der Waals surface area contributed by atoms with Gasteiger partial charge in [0.15, 0.2) is 5.69 Å². The fourth-order valence-corrected chi connectivity index (χ4v) is 1.94. The molecule has 7 heteroatoms. The molecular weight excluding hydrogens is 272 g/mol. The van der Waals surface area contributed by atoms with E-state index in [-0.39, 0.29) is 5.69 Å². The van der Waals surface area contributed by atoms with Crippen LogP contribution in [0.15, 0.2) is 24.3 Å². The number of anilines is 1. The Balaban J connectivity index is 2.29. The van der Waals surface area contributed by atoms with Crippen molar-refractivity contribution in [3.8, 4) is 11.3 Å². The number of benzene rings is 1. The summed E-state index contributed by atoms with van der Waals surface area (Å²) in [5.41, 5.74) is 7.36. The molecule has 1 aromatic carbocycles. The highest BCUT2D eigenvalue weighted by molar-refractivity contribution is 5.92. The molecular formula is C14H18N4O3. The number of aromatic nitrogens is 3. The summed E-state index contributed by atoms with van der Waals surface area (Å²) in [6.07, 6.45) is 0.933. The first-order chi connectivity index (χ1) is 10.1. The molecule has 2 aromatic rings. The quantitative estimate of drug-likeness (QED) is 0.593. The summed E-state index contributed by atoms with van der Waals surface area (Å²) in [6, 6.07) is 6.94. The van der Waals surface area contributed by atoms with E-state index in [1.807, 2.05) is 6.92 Å². The molecule has 7 nitrogen and oxygen atoms in total. The van der Waals surface area contributed by atoms with Gasteiger partial charge in [0.25, 0.3) is 0 Å². The lowest BCUT2D eigenvalue weighted by Gasteiger charge is -2.08. The molecule has 0 aliphatic heterocycles. The van der Waals surface area contributed by atoms with Crippen LogP contribution in [0.4, 0.5) is 5.69 Å². The summed E-state index contributed by atoms with van der Waals surface area (Å²) in [4.78, 5) is 11.3. The maximum absolute atomic E-state index is 11.3. The number of hydrogen-bond donors (Lipinski definition) is 2. The highest BCUT2D eigenvalue weighted by Gasteiger charge is 2.20. The van der Waals surface area contributed by atoms with Crippen molar-refractivity contribution < 1.29 is 14.6 Å². The largest absolute Gasteiger partial charge is 0.476 e. The van der Waals surface area contributed by atoms with Crippen LogP contribution in [0.5, 0.6) is 0 Å². The lowest BCUT2D eigenvalue weighted by Crippen LogP contribution is -2.10. The summed E-state index contributed by atoms with van der Waals surface area (Å²) >= 11 is 0. The second kappa shape index (κ2) is 6.85. The molecule has 0 saturated carbocycles. The van der Waals surface area contributed by atoms with Crippen LogP contribution in [-0.4, -0.2) is 39.3 Å². The zero-order chi connectivity index (χ0) is 15.2. The van der Waals surface area contributed by atoms with Crippen LogP contribution in [-0.2, 0) is 11.3 Å². The normalized spacial score (nSPS) is 10.7. The van der Waals surface area contributed by atoms with Crippen molar-refractivity contribution in [3.05, 3.63) is 30.0 Å². The number of ether oxygens (including phenoxy) is 1. The van der Waals surface area contributed by atoms with E-state index in [2.05, 4.69) is 10.3 Å². The number of carboxylic acid groups (broad SMARTS) is 1. The number of aromatic carboxylic acids is 1. The smallest absolute Gasteiger partial charge is 0.358 e. The average molecular weight is 290 g/mol. The van der Waals surface area contributed by atoms with Crippen molar-refractivity contribution in [2.24, 2.45) is 0 Å². The van der Waals surface area contributed by atoms with Crippen LogP contribution in [0.1, 0.15) is 23.8 Å². The van der Waals surface area contributed by atoms with Crippen molar-refractivity contribution in [3.63, 3.8) is 0 Å². The van der Waals surface area contributed by atoms with Crippen LogP contribution in [0.25, 0.3) is 11.3 Å². The van der Waals surface area contributed by atoms with Gasteiger partial charge in [-0.25, -0.2) is 9.48 Å². The van der Waals surface area contributed by atoms with Gasteiger partial charge < -0.3 is 15.6 Å². The number of nitrogens with zero attached hydrogens (tertiary/aromatic N) is 3. The zero-order valence-corrected chi connectivity index (χ0v) is 11.8. The Hall–Kier alpha value is -2.41. The molecule has 21 heavy (non-hydrogen) atoms. The first-order valence-electron chi connectivity index (χ1n) is 6.74. The van der Waals surface area contributed by atoms with E-state index in [0.717, 1.165) is 6.42 Å². The molecule has 1 aromatic heterocycles. The molecule has 0 spiro atoms. The molecule has 0 fully saturated rings. The monoisotopic (exact) mass is 290 g/mol. The maximum atomic E-state index is 11.3. The highest BCUT2D eigenvalue weighted by atomic mass is 16.5. The van der Waals surface area contributed by atoms with Gasteiger partial charge in [0.05, 0.1) is 13.2 Å². The second-order valence-electron chi connectivity index (χ2n) is 4.55. The lowest BCUT2D eigenvalue weighted by atomic mass is 10.1. The molecule has 0 saturated heterocycles. The summed E-state index contributed by atoms with van der Waals surface area (Å²) in [6.45, 7) is 3.59. The van der Waals surface area contributed by atoms with E-state index in [1.165, 1.54) is 0 Å². The van der Waals surface area contributed by atoms with E-state index in [4.69, 9.17) is 10.5 Å². The molecule has 0 amide bonds. The van der Waals surface area contributed by atoms with Crippen molar-refractivity contribution in [2.45, 2.75) is 19.9 Å². The Labute approximate surface area is 122 Å². The summed E-state index contributed by atoms with van der Waals surface area (Å²) < 4.78 is 6.96. The summed E-state index contributed by atoms with van der Waals surface area (Å²) in [5.74, 6) is -1.11. The SMILES string of the molecule is CCCOCCn1nnc(C(=O)O)c1-c1ccc(N)cc1. The van der Waals surface area contributed by atoms with Gasteiger partial charge in [0, 0.05) is 17.9 Å². The van der Waals surface area contributed by atoms with E-state index in [0.29, 0.717) is 36.7 Å². The Morgan fingerprint density at radius 1 is 1.33 bits per heavy atom.